The minimum absolute atomic E-state index is 0.283. The maximum atomic E-state index is 3.71. The Morgan fingerprint density at radius 2 is 1.57 bits per heavy atom. The van der Waals surface area contributed by atoms with E-state index in [9.17, 15) is 0 Å². The molecule has 0 spiro atoms. The SMILES string of the molecule is CCCCCCCCCCN1CC(C)(C)NCC1C(C)C. The fourth-order valence-electron chi connectivity index (χ4n) is 3.54. The van der Waals surface area contributed by atoms with E-state index >= 15 is 0 Å². The molecular formula is C19H40N2. The Morgan fingerprint density at radius 3 is 2.14 bits per heavy atom. The summed E-state index contributed by atoms with van der Waals surface area (Å²) in [6.07, 6.45) is 11.4. The molecule has 1 heterocycles. The van der Waals surface area contributed by atoms with Crippen LogP contribution in [-0.2, 0) is 0 Å². The second-order valence-corrected chi connectivity index (χ2v) is 8.02. The summed E-state index contributed by atoms with van der Waals surface area (Å²) in [5, 5.41) is 3.71. The van der Waals surface area contributed by atoms with Crippen LogP contribution < -0.4 is 5.32 Å². The molecule has 1 aliphatic rings. The summed E-state index contributed by atoms with van der Waals surface area (Å²) in [4.78, 5) is 2.75. The monoisotopic (exact) mass is 296 g/mol. The Labute approximate surface area is 134 Å². The van der Waals surface area contributed by atoms with Gasteiger partial charge in [0.2, 0.25) is 0 Å². The van der Waals surface area contributed by atoms with Gasteiger partial charge in [0.25, 0.3) is 0 Å². The molecule has 0 bridgehead atoms. The van der Waals surface area contributed by atoms with Gasteiger partial charge in [-0.1, -0.05) is 65.7 Å². The highest BCUT2D eigenvalue weighted by molar-refractivity contribution is 4.93. The summed E-state index contributed by atoms with van der Waals surface area (Å²) in [5.41, 5.74) is 0.283. The van der Waals surface area contributed by atoms with Crippen molar-refractivity contribution in [1.82, 2.24) is 10.2 Å². The van der Waals surface area contributed by atoms with Gasteiger partial charge in [-0.05, 0) is 32.7 Å². The number of unbranched alkanes of at least 4 members (excludes halogenated alkanes) is 7. The molecule has 1 unspecified atom stereocenters. The van der Waals surface area contributed by atoms with Crippen molar-refractivity contribution < 1.29 is 0 Å². The smallest absolute Gasteiger partial charge is 0.0252 e. The van der Waals surface area contributed by atoms with E-state index in [2.05, 4.69) is 44.8 Å². The van der Waals surface area contributed by atoms with Gasteiger partial charge in [0.05, 0.1) is 0 Å². The lowest BCUT2D eigenvalue weighted by Crippen LogP contribution is -2.62. The van der Waals surface area contributed by atoms with Crippen molar-refractivity contribution >= 4 is 0 Å². The van der Waals surface area contributed by atoms with E-state index in [1.54, 1.807) is 0 Å². The molecule has 1 N–H and O–H groups in total. The van der Waals surface area contributed by atoms with Crippen LogP contribution in [0.25, 0.3) is 0 Å². The third-order valence-electron chi connectivity index (χ3n) is 4.93. The first-order chi connectivity index (χ1) is 9.96. The van der Waals surface area contributed by atoms with Gasteiger partial charge in [-0.15, -0.1) is 0 Å². The lowest BCUT2D eigenvalue weighted by atomic mass is 9.93. The van der Waals surface area contributed by atoms with E-state index in [-0.39, 0.29) is 5.54 Å². The summed E-state index contributed by atoms with van der Waals surface area (Å²) in [6, 6.07) is 0.725. The van der Waals surface area contributed by atoms with E-state index in [0.717, 1.165) is 18.5 Å². The molecule has 0 radical (unpaired) electrons. The maximum absolute atomic E-state index is 3.71. The fraction of sp³-hybridized carbons (Fsp3) is 1.00. The largest absolute Gasteiger partial charge is 0.309 e. The third-order valence-corrected chi connectivity index (χ3v) is 4.93. The first-order valence-corrected chi connectivity index (χ1v) is 9.45. The Balaban J connectivity index is 2.18. The molecule has 1 aliphatic heterocycles. The predicted octanol–water partition coefficient (Wildman–Crippen LogP) is 4.84. The zero-order valence-corrected chi connectivity index (χ0v) is 15.4. The average molecular weight is 297 g/mol. The van der Waals surface area contributed by atoms with Gasteiger partial charge in [0, 0.05) is 24.7 Å². The molecule has 2 nitrogen and oxygen atoms in total. The van der Waals surface area contributed by atoms with E-state index in [1.165, 1.54) is 64.5 Å². The molecule has 0 aromatic heterocycles. The van der Waals surface area contributed by atoms with Crippen molar-refractivity contribution in [3.8, 4) is 0 Å². The highest BCUT2D eigenvalue weighted by Gasteiger charge is 2.33. The standard InChI is InChI=1S/C19H40N2/c1-6-7-8-9-10-11-12-13-14-21-16-19(4,5)20-15-18(21)17(2)3/h17-18,20H,6-16H2,1-5H3. The third kappa shape index (κ3) is 7.65. The second-order valence-electron chi connectivity index (χ2n) is 8.02. The van der Waals surface area contributed by atoms with Crippen molar-refractivity contribution in [2.45, 2.75) is 97.6 Å². The van der Waals surface area contributed by atoms with Crippen LogP contribution in [0.1, 0.15) is 86.0 Å². The summed E-state index contributed by atoms with van der Waals surface area (Å²) in [6.45, 7) is 15.3. The van der Waals surface area contributed by atoms with Crippen LogP contribution in [0.2, 0.25) is 0 Å². The molecule has 2 heteroatoms. The normalized spacial score (nSPS) is 22.9. The Morgan fingerprint density at radius 1 is 1.00 bits per heavy atom. The lowest BCUT2D eigenvalue weighted by molar-refractivity contribution is 0.0678. The lowest BCUT2D eigenvalue weighted by Gasteiger charge is -2.46. The highest BCUT2D eigenvalue weighted by Crippen LogP contribution is 2.21. The average Bonchev–Trinajstić information content (AvgIpc) is 2.40. The van der Waals surface area contributed by atoms with E-state index in [4.69, 9.17) is 0 Å². The van der Waals surface area contributed by atoms with Crippen LogP contribution in [0.15, 0.2) is 0 Å². The van der Waals surface area contributed by atoms with Crippen molar-refractivity contribution in [3.05, 3.63) is 0 Å². The molecule has 0 aromatic carbocycles. The van der Waals surface area contributed by atoms with E-state index in [1.807, 2.05) is 0 Å². The zero-order chi connectivity index (χ0) is 15.7. The molecule has 1 atom stereocenters. The first-order valence-electron chi connectivity index (χ1n) is 9.45. The van der Waals surface area contributed by atoms with Crippen molar-refractivity contribution in [1.29, 1.82) is 0 Å². The number of nitrogens with zero attached hydrogens (tertiary/aromatic N) is 1. The van der Waals surface area contributed by atoms with Crippen molar-refractivity contribution in [3.63, 3.8) is 0 Å². The number of hydrogen-bond acceptors (Lipinski definition) is 2. The number of rotatable bonds is 10. The van der Waals surface area contributed by atoms with Gasteiger partial charge in [-0.2, -0.15) is 0 Å². The highest BCUT2D eigenvalue weighted by atomic mass is 15.2. The Hall–Kier alpha value is -0.0800. The minimum atomic E-state index is 0.283. The van der Waals surface area contributed by atoms with E-state index < -0.39 is 0 Å². The molecule has 0 amide bonds. The van der Waals surface area contributed by atoms with Crippen LogP contribution in [0.4, 0.5) is 0 Å². The number of hydrogen-bond donors (Lipinski definition) is 1. The predicted molar refractivity (Wildman–Crippen MR) is 94.9 cm³/mol. The Kier molecular flexibility index (Phi) is 8.89. The molecule has 126 valence electrons. The zero-order valence-electron chi connectivity index (χ0n) is 15.4. The summed E-state index contributed by atoms with van der Waals surface area (Å²) in [5.74, 6) is 0.752. The molecule has 1 saturated heterocycles. The van der Waals surface area contributed by atoms with Gasteiger partial charge < -0.3 is 5.32 Å². The Bertz CT molecular complexity index is 260. The maximum Gasteiger partial charge on any atom is 0.0252 e. The van der Waals surface area contributed by atoms with E-state index in [0.29, 0.717) is 0 Å². The minimum Gasteiger partial charge on any atom is -0.309 e. The molecule has 0 aliphatic carbocycles. The second kappa shape index (κ2) is 9.84. The number of piperazine rings is 1. The molecule has 21 heavy (non-hydrogen) atoms. The van der Waals surface area contributed by atoms with Gasteiger partial charge in [0.15, 0.2) is 0 Å². The van der Waals surface area contributed by atoms with Gasteiger partial charge in [-0.3, -0.25) is 4.90 Å². The summed E-state index contributed by atoms with van der Waals surface area (Å²) >= 11 is 0. The molecular weight excluding hydrogens is 256 g/mol. The fourth-order valence-corrected chi connectivity index (χ4v) is 3.54. The molecule has 1 rings (SSSR count). The van der Waals surface area contributed by atoms with Gasteiger partial charge in [-0.25, -0.2) is 0 Å². The van der Waals surface area contributed by atoms with Gasteiger partial charge >= 0.3 is 0 Å². The van der Waals surface area contributed by atoms with Crippen molar-refractivity contribution in [2.75, 3.05) is 19.6 Å². The van der Waals surface area contributed by atoms with Crippen LogP contribution in [0.5, 0.6) is 0 Å². The molecule has 1 fully saturated rings. The van der Waals surface area contributed by atoms with Gasteiger partial charge in [0.1, 0.15) is 0 Å². The van der Waals surface area contributed by atoms with Crippen LogP contribution >= 0.6 is 0 Å². The number of nitrogens with one attached hydrogen (secondary N) is 1. The van der Waals surface area contributed by atoms with Crippen LogP contribution in [0.3, 0.4) is 0 Å². The quantitative estimate of drug-likeness (QED) is 0.581. The van der Waals surface area contributed by atoms with Crippen molar-refractivity contribution in [2.24, 2.45) is 5.92 Å². The topological polar surface area (TPSA) is 15.3 Å². The summed E-state index contributed by atoms with van der Waals surface area (Å²) in [7, 11) is 0. The van der Waals surface area contributed by atoms with Crippen LogP contribution in [-0.4, -0.2) is 36.1 Å². The first kappa shape index (κ1) is 19.0. The van der Waals surface area contributed by atoms with Crippen LogP contribution in [0, 0.1) is 5.92 Å². The molecule has 0 saturated carbocycles. The summed E-state index contributed by atoms with van der Waals surface area (Å²) < 4.78 is 0. The molecule has 0 aromatic rings.